The van der Waals surface area contributed by atoms with E-state index in [1.165, 1.54) is 10.7 Å². The molecule has 5 nitrogen and oxygen atoms in total. The van der Waals surface area contributed by atoms with Crippen molar-refractivity contribution in [3.05, 3.63) is 0 Å². The smallest absolute Gasteiger partial charge is 0.215 e. The Balaban J connectivity index is 2.02. The second-order valence-corrected chi connectivity index (χ2v) is 7.21. The molecular weight excluding hydrogens is 250 g/mol. The van der Waals surface area contributed by atoms with Crippen molar-refractivity contribution in [2.24, 2.45) is 5.92 Å². The average molecular weight is 271 g/mol. The minimum Gasteiger partial charge on any atom is -0.313 e. The maximum absolute atomic E-state index is 12.4. The van der Waals surface area contributed by atoms with Gasteiger partial charge in [0.25, 0.3) is 0 Å². The van der Waals surface area contributed by atoms with Crippen LogP contribution in [-0.2, 0) is 10.0 Å². The summed E-state index contributed by atoms with van der Waals surface area (Å²) in [6, 6.07) is 1.55. The zero-order chi connectivity index (χ0) is 13.0. The third kappa shape index (κ3) is 3.22. The van der Waals surface area contributed by atoms with Crippen LogP contribution in [0.15, 0.2) is 0 Å². The van der Waals surface area contributed by atoms with Gasteiger partial charge in [-0.25, -0.2) is 8.42 Å². The Bertz CT molecular complexity index is 410. The van der Waals surface area contributed by atoms with Crippen LogP contribution < -0.4 is 5.32 Å². The number of nitriles is 1. The van der Waals surface area contributed by atoms with Gasteiger partial charge in [0, 0.05) is 19.6 Å². The Morgan fingerprint density at radius 3 is 2.67 bits per heavy atom. The van der Waals surface area contributed by atoms with Gasteiger partial charge in [0.1, 0.15) is 6.04 Å². The molecule has 0 aromatic heterocycles. The molecule has 1 aliphatic heterocycles. The fraction of sp³-hybridized carbons (Fsp3) is 0.917. The van der Waals surface area contributed by atoms with Crippen molar-refractivity contribution in [2.75, 3.05) is 25.4 Å². The summed E-state index contributed by atoms with van der Waals surface area (Å²) < 4.78 is 26.1. The zero-order valence-corrected chi connectivity index (χ0v) is 11.5. The fourth-order valence-corrected chi connectivity index (χ4v) is 4.88. The van der Waals surface area contributed by atoms with Gasteiger partial charge in [-0.15, -0.1) is 0 Å². The van der Waals surface area contributed by atoms with Crippen LogP contribution in [0.5, 0.6) is 0 Å². The lowest BCUT2D eigenvalue weighted by Gasteiger charge is -2.32. The largest absolute Gasteiger partial charge is 0.313 e. The van der Waals surface area contributed by atoms with E-state index in [1.54, 1.807) is 0 Å². The minimum absolute atomic E-state index is 0.227. The van der Waals surface area contributed by atoms with Crippen molar-refractivity contribution >= 4 is 10.0 Å². The summed E-state index contributed by atoms with van der Waals surface area (Å²) in [5.74, 6) is 0.517. The summed E-state index contributed by atoms with van der Waals surface area (Å²) in [6.07, 6.45) is 5.54. The van der Waals surface area contributed by atoms with Crippen molar-refractivity contribution in [1.29, 1.82) is 5.26 Å². The molecule has 0 aromatic rings. The number of rotatable bonds is 3. The van der Waals surface area contributed by atoms with Crippen LogP contribution in [0.4, 0.5) is 0 Å². The average Bonchev–Trinajstić information content (AvgIpc) is 2.39. The zero-order valence-electron chi connectivity index (χ0n) is 10.6. The van der Waals surface area contributed by atoms with Gasteiger partial charge in [0.2, 0.25) is 10.0 Å². The van der Waals surface area contributed by atoms with Crippen LogP contribution in [0.1, 0.15) is 32.1 Å². The number of nitrogens with zero attached hydrogens (tertiary/aromatic N) is 2. The maximum atomic E-state index is 12.4. The number of sulfonamides is 1. The second kappa shape index (κ2) is 6.00. The van der Waals surface area contributed by atoms with Crippen LogP contribution in [0, 0.1) is 17.2 Å². The van der Waals surface area contributed by atoms with Gasteiger partial charge in [-0.1, -0.05) is 19.3 Å². The van der Waals surface area contributed by atoms with Crippen molar-refractivity contribution in [3.8, 4) is 6.07 Å². The second-order valence-electron chi connectivity index (χ2n) is 5.24. The molecule has 0 amide bonds. The lowest BCUT2D eigenvalue weighted by molar-refractivity contribution is 0.304. The third-order valence-corrected chi connectivity index (χ3v) is 5.92. The molecule has 0 bridgehead atoms. The molecule has 2 aliphatic rings. The molecule has 0 aromatic carbocycles. The molecule has 1 saturated heterocycles. The Morgan fingerprint density at radius 1 is 1.28 bits per heavy atom. The molecule has 1 aliphatic carbocycles. The van der Waals surface area contributed by atoms with E-state index in [9.17, 15) is 8.42 Å². The van der Waals surface area contributed by atoms with Gasteiger partial charge in [-0.2, -0.15) is 9.57 Å². The molecule has 0 spiro atoms. The van der Waals surface area contributed by atoms with E-state index in [-0.39, 0.29) is 11.7 Å². The molecule has 6 heteroatoms. The molecule has 1 saturated carbocycles. The lowest BCUT2D eigenvalue weighted by Crippen LogP contribution is -2.54. The minimum atomic E-state index is -3.27. The van der Waals surface area contributed by atoms with E-state index in [1.807, 2.05) is 0 Å². The van der Waals surface area contributed by atoms with Crippen molar-refractivity contribution in [3.63, 3.8) is 0 Å². The highest BCUT2D eigenvalue weighted by molar-refractivity contribution is 7.89. The summed E-state index contributed by atoms with van der Waals surface area (Å²) in [7, 11) is -3.27. The number of piperazine rings is 1. The molecule has 18 heavy (non-hydrogen) atoms. The van der Waals surface area contributed by atoms with Gasteiger partial charge >= 0.3 is 0 Å². The van der Waals surface area contributed by atoms with Crippen LogP contribution >= 0.6 is 0 Å². The van der Waals surface area contributed by atoms with Gasteiger partial charge in [0.05, 0.1) is 11.8 Å². The van der Waals surface area contributed by atoms with Gasteiger partial charge in [-0.3, -0.25) is 0 Å². The highest BCUT2D eigenvalue weighted by Crippen LogP contribution is 2.26. The first-order valence-corrected chi connectivity index (χ1v) is 8.34. The SMILES string of the molecule is N#CC1CNCCN1S(=O)(=O)CC1CCCCC1. The van der Waals surface area contributed by atoms with Gasteiger partial charge in [-0.05, 0) is 18.8 Å². The highest BCUT2D eigenvalue weighted by Gasteiger charge is 2.34. The molecule has 2 fully saturated rings. The molecular formula is C12H21N3O2S. The lowest BCUT2D eigenvalue weighted by atomic mass is 9.91. The summed E-state index contributed by atoms with van der Waals surface area (Å²) in [5, 5.41) is 12.1. The summed E-state index contributed by atoms with van der Waals surface area (Å²) >= 11 is 0. The quantitative estimate of drug-likeness (QED) is 0.820. The van der Waals surface area contributed by atoms with E-state index >= 15 is 0 Å². The topological polar surface area (TPSA) is 73.2 Å². The van der Waals surface area contributed by atoms with Gasteiger partial charge < -0.3 is 5.32 Å². The standard InChI is InChI=1S/C12H21N3O2S/c13-8-12-9-14-6-7-15(12)18(16,17)10-11-4-2-1-3-5-11/h11-12,14H,1-7,9-10H2. The van der Waals surface area contributed by atoms with E-state index < -0.39 is 16.1 Å². The van der Waals surface area contributed by atoms with E-state index in [0.29, 0.717) is 19.6 Å². The van der Waals surface area contributed by atoms with Crippen molar-refractivity contribution in [2.45, 2.75) is 38.1 Å². The molecule has 1 unspecified atom stereocenters. The van der Waals surface area contributed by atoms with Crippen LogP contribution in [0.2, 0.25) is 0 Å². The monoisotopic (exact) mass is 271 g/mol. The first-order chi connectivity index (χ1) is 8.63. The molecule has 102 valence electrons. The molecule has 1 heterocycles. The van der Waals surface area contributed by atoms with E-state index in [0.717, 1.165) is 25.7 Å². The Labute approximate surface area is 109 Å². The summed E-state index contributed by atoms with van der Waals surface area (Å²) in [4.78, 5) is 0. The number of hydrogen-bond acceptors (Lipinski definition) is 4. The molecule has 2 rings (SSSR count). The van der Waals surface area contributed by atoms with Crippen LogP contribution in [-0.4, -0.2) is 44.2 Å². The summed E-state index contributed by atoms with van der Waals surface area (Å²) in [6.45, 7) is 1.51. The third-order valence-electron chi connectivity index (χ3n) is 3.87. The van der Waals surface area contributed by atoms with Gasteiger partial charge in [0.15, 0.2) is 0 Å². The first-order valence-electron chi connectivity index (χ1n) is 6.73. The predicted molar refractivity (Wildman–Crippen MR) is 69.3 cm³/mol. The van der Waals surface area contributed by atoms with Crippen LogP contribution in [0.25, 0.3) is 0 Å². The predicted octanol–water partition coefficient (Wildman–Crippen LogP) is 0.694. The maximum Gasteiger partial charge on any atom is 0.215 e. The molecule has 1 atom stereocenters. The van der Waals surface area contributed by atoms with Crippen molar-refractivity contribution < 1.29 is 8.42 Å². The Kier molecular flexibility index (Phi) is 4.60. The fourth-order valence-electron chi connectivity index (χ4n) is 2.88. The van der Waals surface area contributed by atoms with Crippen LogP contribution in [0.3, 0.4) is 0 Å². The first kappa shape index (κ1) is 13.8. The summed E-state index contributed by atoms with van der Waals surface area (Å²) in [5.41, 5.74) is 0. The highest BCUT2D eigenvalue weighted by atomic mass is 32.2. The Hall–Kier alpha value is -0.640. The van der Waals surface area contributed by atoms with Crippen molar-refractivity contribution in [1.82, 2.24) is 9.62 Å². The molecule has 1 N–H and O–H groups in total. The normalized spacial score (nSPS) is 27.8. The van der Waals surface area contributed by atoms with E-state index in [2.05, 4.69) is 11.4 Å². The van der Waals surface area contributed by atoms with E-state index in [4.69, 9.17) is 5.26 Å². The molecule has 0 radical (unpaired) electrons. The number of hydrogen-bond donors (Lipinski definition) is 1. The number of nitrogens with one attached hydrogen (secondary N) is 1. The Morgan fingerprint density at radius 2 is 2.00 bits per heavy atom.